The van der Waals surface area contributed by atoms with E-state index in [1.807, 2.05) is 24.3 Å². The first-order valence-electron chi connectivity index (χ1n) is 12.7. The van der Waals surface area contributed by atoms with E-state index < -0.39 is 11.9 Å². The van der Waals surface area contributed by atoms with Crippen LogP contribution in [0.1, 0.15) is 39.5 Å². The van der Waals surface area contributed by atoms with Gasteiger partial charge in [0.15, 0.2) is 0 Å². The van der Waals surface area contributed by atoms with Crippen molar-refractivity contribution in [2.75, 3.05) is 26.8 Å². The second-order valence-electron chi connectivity index (χ2n) is 9.40. The summed E-state index contributed by atoms with van der Waals surface area (Å²) in [7, 11) is 0. The Hall–Kier alpha value is -3.94. The van der Waals surface area contributed by atoms with Gasteiger partial charge in [0, 0.05) is 11.1 Å². The highest BCUT2D eigenvalue weighted by Crippen LogP contribution is 2.30. The molecule has 0 aliphatic heterocycles. The third-order valence-electron chi connectivity index (χ3n) is 6.11. The van der Waals surface area contributed by atoms with Gasteiger partial charge >= 0.3 is 11.9 Å². The van der Waals surface area contributed by atoms with Crippen molar-refractivity contribution in [3.8, 4) is 23.0 Å². The molecule has 8 nitrogen and oxygen atoms in total. The SMILES string of the molecule is C=C(C)C(=O)OCOc1ccc(OCC2CCC(COc3ccc(OCOC(=O)C(=C)C)cc3)CC2)cc1. The van der Waals surface area contributed by atoms with E-state index in [4.69, 9.17) is 28.4 Å². The molecule has 0 atom stereocenters. The summed E-state index contributed by atoms with van der Waals surface area (Å²) in [5.41, 5.74) is 0.662. The van der Waals surface area contributed by atoms with Crippen LogP contribution in [0, 0.1) is 11.8 Å². The van der Waals surface area contributed by atoms with Crippen LogP contribution in [0.3, 0.4) is 0 Å². The Labute approximate surface area is 224 Å². The summed E-state index contributed by atoms with van der Waals surface area (Å²) in [6.45, 7) is 11.3. The van der Waals surface area contributed by atoms with Gasteiger partial charge in [-0.25, -0.2) is 9.59 Å². The number of rotatable bonds is 14. The molecule has 2 aromatic carbocycles. The number of hydrogen-bond donors (Lipinski definition) is 0. The normalized spacial score (nSPS) is 16.6. The summed E-state index contributed by atoms with van der Waals surface area (Å²) in [6, 6.07) is 14.5. The number of carbonyl (C=O) groups is 2. The molecule has 0 unspecified atom stereocenters. The minimum Gasteiger partial charge on any atom is -0.493 e. The van der Waals surface area contributed by atoms with Crippen LogP contribution >= 0.6 is 0 Å². The smallest absolute Gasteiger partial charge is 0.335 e. The van der Waals surface area contributed by atoms with Gasteiger partial charge in [-0.2, -0.15) is 0 Å². The van der Waals surface area contributed by atoms with E-state index in [2.05, 4.69) is 13.2 Å². The van der Waals surface area contributed by atoms with Gasteiger partial charge in [0.25, 0.3) is 0 Å². The van der Waals surface area contributed by atoms with Gasteiger partial charge in [0.05, 0.1) is 13.2 Å². The van der Waals surface area contributed by atoms with E-state index in [0.717, 1.165) is 37.2 Å². The van der Waals surface area contributed by atoms with E-state index in [-0.39, 0.29) is 13.6 Å². The number of benzene rings is 2. The standard InChI is InChI=1S/C30H36O8/c1-21(2)29(31)37-19-35-27-13-9-25(10-14-27)33-17-23-5-7-24(8-6-23)18-34-26-11-15-28(16-12-26)36-20-38-30(32)22(3)4/h9-16,23-24H,1,3,5-8,17-20H2,2,4H3. The predicted octanol–water partition coefficient (Wildman–Crippen LogP) is 5.86. The largest absolute Gasteiger partial charge is 0.493 e. The second kappa shape index (κ2) is 14.7. The van der Waals surface area contributed by atoms with Crippen molar-refractivity contribution in [3.63, 3.8) is 0 Å². The van der Waals surface area contributed by atoms with Crippen LogP contribution in [0.4, 0.5) is 0 Å². The fraction of sp³-hybridized carbons (Fsp3) is 0.400. The Balaban J connectivity index is 1.28. The molecule has 8 heteroatoms. The van der Waals surface area contributed by atoms with Crippen LogP contribution in [-0.4, -0.2) is 38.7 Å². The Kier molecular flexibility index (Phi) is 11.1. The fourth-order valence-electron chi connectivity index (χ4n) is 3.81. The predicted molar refractivity (Wildman–Crippen MR) is 142 cm³/mol. The first-order chi connectivity index (χ1) is 18.3. The number of carbonyl (C=O) groups excluding carboxylic acids is 2. The molecule has 2 aromatic rings. The van der Waals surface area contributed by atoms with E-state index in [1.54, 1.807) is 38.1 Å². The van der Waals surface area contributed by atoms with Gasteiger partial charge in [0.2, 0.25) is 13.6 Å². The minimum absolute atomic E-state index is 0.159. The minimum atomic E-state index is -0.479. The molecule has 38 heavy (non-hydrogen) atoms. The Bertz CT molecular complexity index is 979. The molecule has 0 bridgehead atoms. The monoisotopic (exact) mass is 524 g/mol. The van der Waals surface area contributed by atoms with Gasteiger partial charge in [-0.15, -0.1) is 0 Å². The van der Waals surface area contributed by atoms with Crippen LogP contribution in [-0.2, 0) is 19.1 Å². The number of esters is 2. The molecule has 0 amide bonds. The molecule has 0 radical (unpaired) electrons. The van der Waals surface area contributed by atoms with Crippen LogP contribution < -0.4 is 18.9 Å². The zero-order chi connectivity index (χ0) is 27.3. The van der Waals surface area contributed by atoms with Crippen molar-refractivity contribution in [2.45, 2.75) is 39.5 Å². The quantitative estimate of drug-likeness (QED) is 0.172. The highest BCUT2D eigenvalue weighted by atomic mass is 16.7. The fourth-order valence-corrected chi connectivity index (χ4v) is 3.81. The van der Waals surface area contributed by atoms with Crippen molar-refractivity contribution < 1.29 is 38.0 Å². The van der Waals surface area contributed by atoms with Crippen molar-refractivity contribution in [1.82, 2.24) is 0 Å². The van der Waals surface area contributed by atoms with E-state index in [1.165, 1.54) is 0 Å². The first-order valence-corrected chi connectivity index (χ1v) is 12.7. The second-order valence-corrected chi connectivity index (χ2v) is 9.40. The molecule has 1 aliphatic rings. The molecular weight excluding hydrogens is 488 g/mol. The summed E-state index contributed by atoms with van der Waals surface area (Å²) in [5.74, 6) is 2.82. The molecule has 1 fully saturated rings. The first kappa shape index (κ1) is 28.6. The van der Waals surface area contributed by atoms with E-state index in [0.29, 0.717) is 47.7 Å². The Morgan fingerprint density at radius 2 is 0.895 bits per heavy atom. The van der Waals surface area contributed by atoms with Gasteiger partial charge in [0.1, 0.15) is 23.0 Å². The molecule has 0 saturated heterocycles. The summed E-state index contributed by atoms with van der Waals surface area (Å²) in [5, 5.41) is 0. The molecule has 3 rings (SSSR count). The summed E-state index contributed by atoms with van der Waals surface area (Å²) >= 11 is 0. The van der Waals surface area contributed by atoms with Gasteiger partial charge in [-0.05, 0) is 99.9 Å². The number of ether oxygens (including phenoxy) is 6. The maximum Gasteiger partial charge on any atom is 0.335 e. The highest BCUT2D eigenvalue weighted by Gasteiger charge is 2.22. The topological polar surface area (TPSA) is 89.5 Å². The zero-order valence-corrected chi connectivity index (χ0v) is 22.1. The Morgan fingerprint density at radius 1 is 0.605 bits per heavy atom. The lowest BCUT2D eigenvalue weighted by Gasteiger charge is -2.28. The maximum atomic E-state index is 11.4. The van der Waals surface area contributed by atoms with Crippen LogP contribution in [0.2, 0.25) is 0 Å². The maximum absolute atomic E-state index is 11.4. The molecule has 0 aromatic heterocycles. The molecule has 1 saturated carbocycles. The van der Waals surface area contributed by atoms with Gasteiger partial charge < -0.3 is 28.4 Å². The lowest BCUT2D eigenvalue weighted by molar-refractivity contribution is -0.146. The van der Waals surface area contributed by atoms with Crippen LogP contribution in [0.5, 0.6) is 23.0 Å². The lowest BCUT2D eigenvalue weighted by atomic mass is 9.83. The molecule has 204 valence electrons. The summed E-state index contributed by atoms with van der Waals surface area (Å²) in [4.78, 5) is 22.7. The molecule has 0 N–H and O–H groups in total. The van der Waals surface area contributed by atoms with Gasteiger partial charge in [-0.3, -0.25) is 0 Å². The van der Waals surface area contributed by atoms with Crippen molar-refractivity contribution >= 4 is 11.9 Å². The summed E-state index contributed by atoms with van der Waals surface area (Å²) in [6.07, 6.45) is 4.38. The third kappa shape index (κ3) is 9.84. The van der Waals surface area contributed by atoms with E-state index >= 15 is 0 Å². The molecule has 1 aliphatic carbocycles. The van der Waals surface area contributed by atoms with E-state index in [9.17, 15) is 9.59 Å². The Morgan fingerprint density at radius 3 is 1.18 bits per heavy atom. The zero-order valence-electron chi connectivity index (χ0n) is 22.1. The average Bonchev–Trinajstić information content (AvgIpc) is 2.92. The van der Waals surface area contributed by atoms with Crippen molar-refractivity contribution in [2.24, 2.45) is 11.8 Å². The third-order valence-corrected chi connectivity index (χ3v) is 6.11. The average molecular weight is 525 g/mol. The molecule has 0 spiro atoms. The lowest BCUT2D eigenvalue weighted by Crippen LogP contribution is -2.23. The number of hydrogen-bond acceptors (Lipinski definition) is 8. The van der Waals surface area contributed by atoms with Crippen LogP contribution in [0.25, 0.3) is 0 Å². The van der Waals surface area contributed by atoms with Crippen LogP contribution in [0.15, 0.2) is 72.8 Å². The molecule has 0 heterocycles. The van der Waals surface area contributed by atoms with Crippen molar-refractivity contribution in [3.05, 3.63) is 72.8 Å². The molecular formula is C30H36O8. The highest BCUT2D eigenvalue weighted by molar-refractivity contribution is 5.87. The summed E-state index contributed by atoms with van der Waals surface area (Å²) < 4.78 is 32.6. The van der Waals surface area contributed by atoms with Crippen molar-refractivity contribution in [1.29, 1.82) is 0 Å². The van der Waals surface area contributed by atoms with Gasteiger partial charge in [-0.1, -0.05) is 13.2 Å².